The molecule has 1 aromatic rings. The van der Waals surface area contributed by atoms with Gasteiger partial charge in [0.15, 0.2) is 0 Å². The first-order chi connectivity index (χ1) is 8.72. The molecule has 0 atom stereocenters. The molecular weight excluding hydrogens is 262 g/mol. The largest absolute Gasteiger partial charge is 0.390 e. The molecule has 0 aromatic heterocycles. The van der Waals surface area contributed by atoms with Crippen molar-refractivity contribution < 1.29 is 13.5 Å². The van der Waals surface area contributed by atoms with Crippen LogP contribution in [0.5, 0.6) is 0 Å². The number of hydrogen-bond acceptors (Lipinski definition) is 3. The van der Waals surface area contributed by atoms with Crippen LogP contribution >= 0.6 is 0 Å². The van der Waals surface area contributed by atoms with E-state index in [0.717, 1.165) is 11.1 Å². The third-order valence-electron chi connectivity index (χ3n) is 3.76. The van der Waals surface area contributed by atoms with Crippen molar-refractivity contribution in [1.82, 2.24) is 4.31 Å². The van der Waals surface area contributed by atoms with Gasteiger partial charge in [-0.25, -0.2) is 8.42 Å². The van der Waals surface area contributed by atoms with Gasteiger partial charge in [0.2, 0.25) is 10.0 Å². The fourth-order valence-electron chi connectivity index (χ4n) is 2.33. The zero-order chi connectivity index (χ0) is 14.3. The molecule has 0 aliphatic carbocycles. The second kappa shape index (κ2) is 4.89. The SMILES string of the molecule is Cc1ccc(C)c(S(=O)(=O)N2CCC(C)(O)CC2)c1. The number of aryl methyl sites for hydroxylation is 2. The van der Waals surface area contributed by atoms with Crippen molar-refractivity contribution in [3.05, 3.63) is 29.3 Å². The van der Waals surface area contributed by atoms with Gasteiger partial charge in [-0.15, -0.1) is 0 Å². The Hall–Kier alpha value is -0.910. The van der Waals surface area contributed by atoms with Crippen molar-refractivity contribution in [1.29, 1.82) is 0 Å². The second-order valence-electron chi connectivity index (χ2n) is 5.67. The predicted octanol–water partition coefficient (Wildman–Crippen LogP) is 1.84. The summed E-state index contributed by atoms with van der Waals surface area (Å²) in [5.74, 6) is 0. The van der Waals surface area contributed by atoms with Crippen LogP contribution in [-0.4, -0.2) is 36.5 Å². The molecular formula is C14H21NO3S. The lowest BCUT2D eigenvalue weighted by molar-refractivity contribution is 0.0126. The predicted molar refractivity (Wildman–Crippen MR) is 74.5 cm³/mol. The van der Waals surface area contributed by atoms with E-state index >= 15 is 0 Å². The molecule has 5 heteroatoms. The highest BCUT2D eigenvalue weighted by molar-refractivity contribution is 7.89. The smallest absolute Gasteiger partial charge is 0.243 e. The molecule has 0 unspecified atom stereocenters. The van der Waals surface area contributed by atoms with Crippen molar-refractivity contribution in [2.45, 2.75) is 44.1 Å². The van der Waals surface area contributed by atoms with E-state index in [1.165, 1.54) is 4.31 Å². The Balaban J connectivity index is 2.31. The molecule has 1 saturated heterocycles. The lowest BCUT2D eigenvalue weighted by Gasteiger charge is -2.35. The molecule has 1 heterocycles. The Morgan fingerprint density at radius 1 is 1.21 bits per heavy atom. The molecule has 2 rings (SSSR count). The van der Waals surface area contributed by atoms with E-state index in [2.05, 4.69) is 0 Å². The lowest BCUT2D eigenvalue weighted by atomic mass is 9.95. The third kappa shape index (κ3) is 2.99. The number of aliphatic hydroxyl groups is 1. The molecule has 1 fully saturated rings. The minimum Gasteiger partial charge on any atom is -0.390 e. The Labute approximate surface area is 115 Å². The first-order valence-corrected chi connectivity index (χ1v) is 7.96. The van der Waals surface area contributed by atoms with Gasteiger partial charge in [-0.05, 0) is 50.8 Å². The molecule has 0 amide bonds. The molecule has 106 valence electrons. The number of rotatable bonds is 2. The van der Waals surface area contributed by atoms with Crippen LogP contribution in [0.25, 0.3) is 0 Å². The van der Waals surface area contributed by atoms with Crippen LogP contribution in [0.4, 0.5) is 0 Å². The minimum absolute atomic E-state index is 0.378. The van der Waals surface area contributed by atoms with Crippen molar-refractivity contribution in [3.63, 3.8) is 0 Å². The van der Waals surface area contributed by atoms with Crippen molar-refractivity contribution >= 4 is 10.0 Å². The molecule has 0 radical (unpaired) electrons. The summed E-state index contributed by atoms with van der Waals surface area (Å²) in [6.45, 7) is 6.21. The van der Waals surface area contributed by atoms with Gasteiger partial charge in [0, 0.05) is 13.1 Å². The average Bonchev–Trinajstić information content (AvgIpc) is 2.31. The maximum absolute atomic E-state index is 12.6. The topological polar surface area (TPSA) is 57.6 Å². The van der Waals surface area contributed by atoms with Crippen LogP contribution in [0.1, 0.15) is 30.9 Å². The van der Waals surface area contributed by atoms with Gasteiger partial charge >= 0.3 is 0 Å². The Kier molecular flexibility index (Phi) is 3.73. The zero-order valence-electron chi connectivity index (χ0n) is 11.7. The summed E-state index contributed by atoms with van der Waals surface area (Å²) in [7, 11) is -3.44. The summed E-state index contributed by atoms with van der Waals surface area (Å²) in [4.78, 5) is 0.383. The van der Waals surface area contributed by atoms with Crippen LogP contribution in [-0.2, 0) is 10.0 Å². The zero-order valence-corrected chi connectivity index (χ0v) is 12.5. The minimum atomic E-state index is -3.44. The summed E-state index contributed by atoms with van der Waals surface area (Å²) < 4.78 is 26.7. The van der Waals surface area contributed by atoms with E-state index < -0.39 is 15.6 Å². The molecule has 0 saturated carbocycles. The van der Waals surface area contributed by atoms with E-state index in [9.17, 15) is 13.5 Å². The van der Waals surface area contributed by atoms with Gasteiger partial charge in [0.05, 0.1) is 10.5 Å². The second-order valence-corrected chi connectivity index (χ2v) is 7.58. The monoisotopic (exact) mass is 283 g/mol. The molecule has 1 N–H and O–H groups in total. The first-order valence-electron chi connectivity index (χ1n) is 6.52. The molecule has 1 aromatic carbocycles. The van der Waals surface area contributed by atoms with Gasteiger partial charge in [0.1, 0.15) is 0 Å². The molecule has 0 spiro atoms. The number of sulfonamides is 1. The molecule has 1 aliphatic rings. The quantitative estimate of drug-likeness (QED) is 0.901. The van der Waals surface area contributed by atoms with E-state index in [0.29, 0.717) is 30.8 Å². The first kappa shape index (κ1) is 14.5. The summed E-state index contributed by atoms with van der Waals surface area (Å²) in [6, 6.07) is 5.47. The highest BCUT2D eigenvalue weighted by Gasteiger charge is 2.34. The van der Waals surface area contributed by atoms with Gasteiger partial charge in [-0.2, -0.15) is 4.31 Å². The normalized spacial score (nSPS) is 20.4. The van der Waals surface area contributed by atoms with Crippen LogP contribution in [0.15, 0.2) is 23.1 Å². The van der Waals surface area contributed by atoms with Crippen LogP contribution in [0.3, 0.4) is 0 Å². The Bertz CT molecular complexity index is 568. The number of piperidine rings is 1. The molecule has 4 nitrogen and oxygen atoms in total. The highest BCUT2D eigenvalue weighted by Crippen LogP contribution is 2.27. The fraction of sp³-hybridized carbons (Fsp3) is 0.571. The lowest BCUT2D eigenvalue weighted by Crippen LogP contribution is -2.45. The standard InChI is InChI=1S/C14H21NO3S/c1-11-4-5-12(2)13(10-11)19(17,18)15-8-6-14(3,16)7-9-15/h4-5,10,16H,6-9H2,1-3H3. The van der Waals surface area contributed by atoms with Crippen LogP contribution in [0, 0.1) is 13.8 Å². The van der Waals surface area contributed by atoms with Crippen LogP contribution in [0.2, 0.25) is 0 Å². The van der Waals surface area contributed by atoms with E-state index in [1.54, 1.807) is 13.0 Å². The number of nitrogens with zero attached hydrogens (tertiary/aromatic N) is 1. The molecule has 0 bridgehead atoms. The number of hydrogen-bond donors (Lipinski definition) is 1. The summed E-state index contributed by atoms with van der Waals surface area (Å²) in [5, 5.41) is 9.91. The van der Waals surface area contributed by atoms with Crippen LogP contribution < -0.4 is 0 Å². The van der Waals surface area contributed by atoms with Gasteiger partial charge in [0.25, 0.3) is 0 Å². The van der Waals surface area contributed by atoms with Crippen molar-refractivity contribution in [2.75, 3.05) is 13.1 Å². The Morgan fingerprint density at radius 3 is 2.37 bits per heavy atom. The summed E-state index contributed by atoms with van der Waals surface area (Å²) in [6.07, 6.45) is 0.966. The van der Waals surface area contributed by atoms with Gasteiger partial charge in [-0.3, -0.25) is 0 Å². The Morgan fingerprint density at radius 2 is 1.79 bits per heavy atom. The van der Waals surface area contributed by atoms with Gasteiger partial charge < -0.3 is 5.11 Å². The molecule has 19 heavy (non-hydrogen) atoms. The van der Waals surface area contributed by atoms with Crippen molar-refractivity contribution in [3.8, 4) is 0 Å². The van der Waals surface area contributed by atoms with E-state index in [-0.39, 0.29) is 0 Å². The molecule has 1 aliphatic heterocycles. The van der Waals surface area contributed by atoms with E-state index in [1.807, 2.05) is 26.0 Å². The summed E-state index contributed by atoms with van der Waals surface area (Å²) >= 11 is 0. The highest BCUT2D eigenvalue weighted by atomic mass is 32.2. The van der Waals surface area contributed by atoms with Gasteiger partial charge in [-0.1, -0.05) is 12.1 Å². The van der Waals surface area contributed by atoms with Crippen molar-refractivity contribution in [2.24, 2.45) is 0 Å². The number of benzene rings is 1. The fourth-order valence-corrected chi connectivity index (χ4v) is 4.08. The average molecular weight is 283 g/mol. The summed E-state index contributed by atoms with van der Waals surface area (Å²) in [5.41, 5.74) is 0.962. The maximum atomic E-state index is 12.6. The van der Waals surface area contributed by atoms with E-state index in [4.69, 9.17) is 0 Å². The maximum Gasteiger partial charge on any atom is 0.243 e. The third-order valence-corrected chi connectivity index (χ3v) is 5.80.